The summed E-state index contributed by atoms with van der Waals surface area (Å²) in [6, 6.07) is 1.98. The first-order chi connectivity index (χ1) is 8.00. The summed E-state index contributed by atoms with van der Waals surface area (Å²) < 4.78 is 0.762. The van der Waals surface area contributed by atoms with E-state index in [4.69, 9.17) is 11.6 Å². The normalized spacial score (nSPS) is 16.7. The van der Waals surface area contributed by atoms with Crippen LogP contribution in [-0.2, 0) is 0 Å². The fourth-order valence-corrected chi connectivity index (χ4v) is 2.36. The number of nitrogens with zero attached hydrogens (tertiary/aromatic N) is 2. The smallest absolute Gasteiger partial charge is 0.257 e. The van der Waals surface area contributed by atoms with Crippen LogP contribution in [0.3, 0.4) is 0 Å². The Labute approximate surface area is 114 Å². The van der Waals surface area contributed by atoms with Crippen LogP contribution in [0.25, 0.3) is 0 Å². The van der Waals surface area contributed by atoms with E-state index >= 15 is 0 Å². The van der Waals surface area contributed by atoms with Crippen LogP contribution in [0.15, 0.2) is 16.7 Å². The standard InChI is InChI=1S/C12H14BrClN2O/c1-7(8-3-4-8)16(2)12(17)10-5-9(13)6-15-11(10)14/h5-8H,3-4H2,1-2H3. The van der Waals surface area contributed by atoms with Gasteiger partial charge in [-0.3, -0.25) is 4.79 Å². The topological polar surface area (TPSA) is 33.2 Å². The van der Waals surface area contributed by atoms with Crippen molar-refractivity contribution in [3.05, 3.63) is 27.5 Å². The highest BCUT2D eigenvalue weighted by Gasteiger charge is 2.33. The minimum Gasteiger partial charge on any atom is -0.339 e. The summed E-state index contributed by atoms with van der Waals surface area (Å²) in [6.07, 6.45) is 4.01. The fourth-order valence-electron chi connectivity index (χ4n) is 1.84. The Morgan fingerprint density at radius 1 is 1.65 bits per heavy atom. The predicted octanol–water partition coefficient (Wildman–Crippen LogP) is 3.37. The third-order valence-electron chi connectivity index (χ3n) is 3.27. The lowest BCUT2D eigenvalue weighted by molar-refractivity contribution is 0.0727. The minimum atomic E-state index is -0.0665. The van der Waals surface area contributed by atoms with Gasteiger partial charge in [0.15, 0.2) is 0 Å². The average molecular weight is 318 g/mol. The molecule has 17 heavy (non-hydrogen) atoms. The van der Waals surface area contributed by atoms with Gasteiger partial charge in [0.1, 0.15) is 5.15 Å². The maximum Gasteiger partial charge on any atom is 0.257 e. The highest BCUT2D eigenvalue weighted by atomic mass is 79.9. The van der Waals surface area contributed by atoms with Gasteiger partial charge >= 0.3 is 0 Å². The molecule has 1 aliphatic carbocycles. The molecule has 3 nitrogen and oxygen atoms in total. The van der Waals surface area contributed by atoms with E-state index in [0.717, 1.165) is 4.47 Å². The van der Waals surface area contributed by atoms with Crippen molar-refractivity contribution in [1.29, 1.82) is 0 Å². The quantitative estimate of drug-likeness (QED) is 0.801. The van der Waals surface area contributed by atoms with E-state index < -0.39 is 0 Å². The van der Waals surface area contributed by atoms with Crippen LogP contribution in [0.1, 0.15) is 30.1 Å². The molecule has 92 valence electrons. The number of carbonyl (C=O) groups excluding carboxylic acids is 1. The van der Waals surface area contributed by atoms with Crippen molar-refractivity contribution in [3.63, 3.8) is 0 Å². The molecule has 1 atom stereocenters. The molecule has 0 aliphatic heterocycles. The number of hydrogen-bond acceptors (Lipinski definition) is 2. The number of rotatable bonds is 3. The number of halogens is 2. The van der Waals surface area contributed by atoms with Gasteiger partial charge in [-0.15, -0.1) is 0 Å². The molecule has 0 bridgehead atoms. The Kier molecular flexibility index (Phi) is 3.73. The van der Waals surface area contributed by atoms with E-state index in [1.165, 1.54) is 12.8 Å². The zero-order chi connectivity index (χ0) is 12.6. The van der Waals surface area contributed by atoms with Crippen LogP contribution in [0.5, 0.6) is 0 Å². The van der Waals surface area contributed by atoms with Crippen molar-refractivity contribution in [2.75, 3.05) is 7.05 Å². The van der Waals surface area contributed by atoms with Crippen LogP contribution in [0.4, 0.5) is 0 Å². The molecule has 0 aromatic carbocycles. The third kappa shape index (κ3) is 2.80. The fraction of sp³-hybridized carbons (Fsp3) is 0.500. The number of aromatic nitrogens is 1. The molecule has 0 saturated heterocycles. The molecular formula is C12H14BrClN2O. The van der Waals surface area contributed by atoms with Crippen molar-refractivity contribution >= 4 is 33.4 Å². The highest BCUT2D eigenvalue weighted by molar-refractivity contribution is 9.10. The average Bonchev–Trinajstić information content (AvgIpc) is 3.13. The second-order valence-corrected chi connectivity index (χ2v) is 5.76. The molecule has 5 heteroatoms. The Balaban J connectivity index is 2.20. The van der Waals surface area contributed by atoms with Crippen molar-refractivity contribution in [2.24, 2.45) is 5.92 Å². The maximum absolute atomic E-state index is 12.3. The molecule has 1 fully saturated rings. The zero-order valence-corrected chi connectivity index (χ0v) is 12.1. The summed E-state index contributed by atoms with van der Waals surface area (Å²) in [7, 11) is 1.82. The summed E-state index contributed by atoms with van der Waals surface area (Å²) >= 11 is 9.26. The first kappa shape index (κ1) is 12.8. The monoisotopic (exact) mass is 316 g/mol. The molecule has 1 amide bonds. The van der Waals surface area contributed by atoms with Crippen LogP contribution in [0, 0.1) is 5.92 Å². The second-order valence-electron chi connectivity index (χ2n) is 4.49. The van der Waals surface area contributed by atoms with E-state index in [9.17, 15) is 4.79 Å². The van der Waals surface area contributed by atoms with Gasteiger partial charge in [0.05, 0.1) is 5.56 Å². The summed E-state index contributed by atoms with van der Waals surface area (Å²) in [5, 5.41) is 0.257. The number of carbonyl (C=O) groups is 1. The van der Waals surface area contributed by atoms with Gasteiger partial charge in [-0.25, -0.2) is 4.98 Å². The van der Waals surface area contributed by atoms with Gasteiger partial charge < -0.3 is 4.90 Å². The van der Waals surface area contributed by atoms with Crippen LogP contribution in [0.2, 0.25) is 5.15 Å². The van der Waals surface area contributed by atoms with E-state index in [0.29, 0.717) is 11.5 Å². The minimum absolute atomic E-state index is 0.0665. The largest absolute Gasteiger partial charge is 0.339 e. The van der Waals surface area contributed by atoms with Gasteiger partial charge in [-0.2, -0.15) is 0 Å². The van der Waals surface area contributed by atoms with Crippen molar-refractivity contribution in [2.45, 2.75) is 25.8 Å². The van der Waals surface area contributed by atoms with Gasteiger partial charge in [0, 0.05) is 23.8 Å². The molecular weight excluding hydrogens is 304 g/mol. The molecule has 1 aromatic heterocycles. The molecule has 1 saturated carbocycles. The Bertz CT molecular complexity index is 448. The van der Waals surface area contributed by atoms with Crippen LogP contribution in [-0.4, -0.2) is 28.9 Å². The molecule has 0 radical (unpaired) electrons. The van der Waals surface area contributed by atoms with E-state index in [1.807, 2.05) is 7.05 Å². The number of amides is 1. The molecule has 1 unspecified atom stereocenters. The lowest BCUT2D eigenvalue weighted by Gasteiger charge is -2.25. The Hall–Kier alpha value is -0.610. The van der Waals surface area contributed by atoms with E-state index in [1.54, 1.807) is 17.2 Å². The van der Waals surface area contributed by atoms with Crippen molar-refractivity contribution in [1.82, 2.24) is 9.88 Å². The highest BCUT2D eigenvalue weighted by Crippen LogP contribution is 2.35. The SMILES string of the molecule is CC(C1CC1)N(C)C(=O)c1cc(Br)cnc1Cl. The van der Waals surface area contributed by atoms with Crippen LogP contribution >= 0.6 is 27.5 Å². The van der Waals surface area contributed by atoms with Crippen molar-refractivity contribution < 1.29 is 4.79 Å². The van der Waals surface area contributed by atoms with Crippen molar-refractivity contribution in [3.8, 4) is 0 Å². The number of hydrogen-bond donors (Lipinski definition) is 0. The Morgan fingerprint density at radius 3 is 2.88 bits per heavy atom. The van der Waals surface area contributed by atoms with Gasteiger partial charge in [0.25, 0.3) is 5.91 Å². The van der Waals surface area contributed by atoms with Crippen LogP contribution < -0.4 is 0 Å². The summed E-state index contributed by atoms with van der Waals surface area (Å²) in [5.74, 6) is 0.575. The molecule has 2 rings (SSSR count). The summed E-state index contributed by atoms with van der Waals surface area (Å²) in [6.45, 7) is 2.08. The summed E-state index contributed by atoms with van der Waals surface area (Å²) in [5.41, 5.74) is 0.455. The Morgan fingerprint density at radius 2 is 2.29 bits per heavy atom. The first-order valence-corrected chi connectivity index (χ1v) is 6.76. The lowest BCUT2D eigenvalue weighted by atomic mass is 10.1. The predicted molar refractivity (Wildman–Crippen MR) is 71.2 cm³/mol. The summed E-state index contributed by atoms with van der Waals surface area (Å²) in [4.78, 5) is 18.0. The van der Waals surface area contributed by atoms with E-state index in [-0.39, 0.29) is 17.1 Å². The molecule has 1 aliphatic rings. The van der Waals surface area contributed by atoms with Gasteiger partial charge in [-0.1, -0.05) is 11.6 Å². The zero-order valence-electron chi connectivity index (χ0n) is 9.78. The third-order valence-corrected chi connectivity index (χ3v) is 4.01. The molecule has 1 aromatic rings. The molecule has 0 N–H and O–H groups in total. The first-order valence-electron chi connectivity index (χ1n) is 5.59. The number of pyridine rings is 1. The van der Waals surface area contributed by atoms with Gasteiger partial charge in [-0.05, 0) is 47.7 Å². The lowest BCUT2D eigenvalue weighted by Crippen LogP contribution is -2.36. The van der Waals surface area contributed by atoms with E-state index in [2.05, 4.69) is 27.8 Å². The molecule has 1 heterocycles. The van der Waals surface area contributed by atoms with Gasteiger partial charge in [0.2, 0.25) is 0 Å². The molecule has 0 spiro atoms. The maximum atomic E-state index is 12.3. The second kappa shape index (κ2) is 4.94.